The summed E-state index contributed by atoms with van der Waals surface area (Å²) < 4.78 is 5.02. The molecule has 3 N–H and O–H groups in total. The first-order valence-electron chi connectivity index (χ1n) is 6.17. The summed E-state index contributed by atoms with van der Waals surface area (Å²) in [5, 5.41) is 21.8. The molecule has 0 radical (unpaired) electrons. The Morgan fingerprint density at radius 3 is 2.65 bits per heavy atom. The lowest BCUT2D eigenvalue weighted by molar-refractivity contribution is -0.139. The Bertz CT molecular complexity index is 449. The van der Waals surface area contributed by atoms with E-state index >= 15 is 0 Å². The Morgan fingerprint density at radius 1 is 1.40 bits per heavy atom. The van der Waals surface area contributed by atoms with E-state index in [1.165, 1.54) is 7.11 Å². The molecule has 0 aliphatic rings. The maximum absolute atomic E-state index is 11.5. The Balaban J connectivity index is 2.52. The maximum Gasteiger partial charge on any atom is 0.306 e. The molecule has 1 amide bonds. The van der Waals surface area contributed by atoms with Crippen LogP contribution in [0.1, 0.15) is 23.8 Å². The van der Waals surface area contributed by atoms with Gasteiger partial charge in [-0.05, 0) is 19.1 Å². The predicted molar refractivity (Wildman–Crippen MR) is 71.6 cm³/mol. The van der Waals surface area contributed by atoms with E-state index in [-0.39, 0.29) is 24.6 Å². The summed E-state index contributed by atoms with van der Waals surface area (Å²) in [7, 11) is 1.44. The standard InChI is InChI=1S/C12H18N4O4/c1-3-13-12(19)9-4-5-10(16-15-9)14-7-8(20-2)6-11(17)18/h4-5,8H,3,6-7H2,1-2H3,(H,13,19)(H,14,16)(H,17,18). The molecule has 110 valence electrons. The zero-order valence-corrected chi connectivity index (χ0v) is 11.4. The molecule has 0 spiro atoms. The molecule has 8 heteroatoms. The maximum atomic E-state index is 11.5. The van der Waals surface area contributed by atoms with E-state index in [1.807, 2.05) is 6.92 Å². The van der Waals surface area contributed by atoms with E-state index in [4.69, 9.17) is 9.84 Å². The van der Waals surface area contributed by atoms with Gasteiger partial charge < -0.3 is 20.5 Å². The molecule has 0 fully saturated rings. The first-order valence-corrected chi connectivity index (χ1v) is 6.17. The molecule has 0 aromatic carbocycles. The third-order valence-electron chi connectivity index (χ3n) is 2.48. The number of carboxylic acid groups (broad SMARTS) is 1. The summed E-state index contributed by atoms with van der Waals surface area (Å²) in [5.74, 6) is -0.769. The average Bonchev–Trinajstić information content (AvgIpc) is 2.44. The minimum Gasteiger partial charge on any atom is -0.481 e. The van der Waals surface area contributed by atoms with Crippen LogP contribution in [0.25, 0.3) is 0 Å². The van der Waals surface area contributed by atoms with Gasteiger partial charge in [0.05, 0.1) is 12.5 Å². The van der Waals surface area contributed by atoms with Crippen LogP contribution in [0.3, 0.4) is 0 Å². The van der Waals surface area contributed by atoms with E-state index in [9.17, 15) is 9.59 Å². The monoisotopic (exact) mass is 282 g/mol. The number of hydrogen-bond acceptors (Lipinski definition) is 6. The number of anilines is 1. The van der Waals surface area contributed by atoms with Crippen LogP contribution < -0.4 is 10.6 Å². The Kier molecular flexibility index (Phi) is 6.38. The fraction of sp³-hybridized carbons (Fsp3) is 0.500. The molecule has 1 unspecified atom stereocenters. The number of nitrogens with one attached hydrogen (secondary N) is 2. The minimum absolute atomic E-state index is 0.103. The lowest BCUT2D eigenvalue weighted by Gasteiger charge is -2.14. The quantitative estimate of drug-likeness (QED) is 0.621. The van der Waals surface area contributed by atoms with Crippen molar-refractivity contribution in [2.75, 3.05) is 25.5 Å². The summed E-state index contributed by atoms with van der Waals surface area (Å²) in [5.41, 5.74) is 0.228. The fourth-order valence-electron chi connectivity index (χ4n) is 1.45. The fourth-order valence-corrected chi connectivity index (χ4v) is 1.45. The summed E-state index contributed by atoms with van der Waals surface area (Å²) >= 11 is 0. The second-order valence-corrected chi connectivity index (χ2v) is 4.00. The zero-order chi connectivity index (χ0) is 15.0. The molecule has 1 aromatic heterocycles. The predicted octanol–water partition coefficient (Wildman–Crippen LogP) is 0.128. The van der Waals surface area contributed by atoms with E-state index < -0.39 is 12.1 Å². The van der Waals surface area contributed by atoms with Crippen LogP contribution in [0.2, 0.25) is 0 Å². The molecule has 20 heavy (non-hydrogen) atoms. The lowest BCUT2D eigenvalue weighted by atomic mass is 10.2. The van der Waals surface area contributed by atoms with E-state index in [2.05, 4.69) is 20.8 Å². The van der Waals surface area contributed by atoms with Crippen molar-refractivity contribution in [2.24, 2.45) is 0 Å². The van der Waals surface area contributed by atoms with Crippen LogP contribution in [0.4, 0.5) is 5.82 Å². The SMILES string of the molecule is CCNC(=O)c1ccc(NCC(CC(=O)O)OC)nn1. The van der Waals surface area contributed by atoms with Gasteiger partial charge in [-0.2, -0.15) is 0 Å². The van der Waals surface area contributed by atoms with Crippen LogP contribution >= 0.6 is 0 Å². The molecule has 0 aliphatic carbocycles. The zero-order valence-electron chi connectivity index (χ0n) is 11.4. The van der Waals surface area contributed by atoms with Gasteiger partial charge in [0.15, 0.2) is 5.69 Å². The van der Waals surface area contributed by atoms with Crippen LogP contribution in [0.15, 0.2) is 12.1 Å². The van der Waals surface area contributed by atoms with Crippen molar-refractivity contribution in [3.63, 3.8) is 0 Å². The van der Waals surface area contributed by atoms with Gasteiger partial charge in [-0.15, -0.1) is 10.2 Å². The molecular formula is C12H18N4O4. The molecule has 1 rings (SSSR count). The van der Waals surface area contributed by atoms with Crippen molar-refractivity contribution in [2.45, 2.75) is 19.4 Å². The van der Waals surface area contributed by atoms with Gasteiger partial charge in [-0.1, -0.05) is 0 Å². The highest BCUT2D eigenvalue weighted by Crippen LogP contribution is 2.04. The summed E-state index contributed by atoms with van der Waals surface area (Å²) in [4.78, 5) is 22.1. The number of amides is 1. The third-order valence-corrected chi connectivity index (χ3v) is 2.48. The van der Waals surface area contributed by atoms with Gasteiger partial charge in [0.25, 0.3) is 5.91 Å². The minimum atomic E-state index is -0.934. The number of ether oxygens (including phenoxy) is 1. The van der Waals surface area contributed by atoms with Gasteiger partial charge in [-0.25, -0.2) is 0 Å². The van der Waals surface area contributed by atoms with Crippen LogP contribution in [-0.4, -0.2) is 53.5 Å². The third kappa shape index (κ3) is 5.19. The highest BCUT2D eigenvalue weighted by Gasteiger charge is 2.12. The first-order chi connectivity index (χ1) is 9.56. The molecule has 0 saturated carbocycles. The van der Waals surface area contributed by atoms with Gasteiger partial charge in [-0.3, -0.25) is 9.59 Å². The Labute approximate surface area is 116 Å². The number of methoxy groups -OCH3 is 1. The van der Waals surface area contributed by atoms with Crippen molar-refractivity contribution in [3.05, 3.63) is 17.8 Å². The van der Waals surface area contributed by atoms with Crippen molar-refractivity contribution < 1.29 is 19.4 Å². The van der Waals surface area contributed by atoms with Crippen LogP contribution in [-0.2, 0) is 9.53 Å². The largest absolute Gasteiger partial charge is 0.481 e. The molecule has 0 bridgehead atoms. The van der Waals surface area contributed by atoms with E-state index in [0.717, 1.165) is 0 Å². The Hall–Kier alpha value is -2.22. The van der Waals surface area contributed by atoms with Crippen molar-refractivity contribution in [1.82, 2.24) is 15.5 Å². The molecule has 1 aromatic rings. The molecular weight excluding hydrogens is 264 g/mol. The molecule has 1 atom stereocenters. The molecule has 0 aliphatic heterocycles. The topological polar surface area (TPSA) is 113 Å². The Morgan fingerprint density at radius 2 is 2.15 bits per heavy atom. The van der Waals surface area contributed by atoms with Crippen molar-refractivity contribution in [1.29, 1.82) is 0 Å². The van der Waals surface area contributed by atoms with Crippen molar-refractivity contribution in [3.8, 4) is 0 Å². The van der Waals surface area contributed by atoms with Gasteiger partial charge in [0, 0.05) is 20.2 Å². The van der Waals surface area contributed by atoms with Gasteiger partial charge in [0.2, 0.25) is 0 Å². The number of carbonyl (C=O) groups excluding carboxylic acids is 1. The van der Waals surface area contributed by atoms with Gasteiger partial charge in [0.1, 0.15) is 5.82 Å². The lowest BCUT2D eigenvalue weighted by Crippen LogP contribution is -2.26. The molecule has 1 heterocycles. The molecule has 8 nitrogen and oxygen atoms in total. The number of carboxylic acids is 1. The number of rotatable bonds is 8. The average molecular weight is 282 g/mol. The summed E-state index contributed by atoms with van der Waals surface area (Å²) in [6.45, 7) is 2.62. The summed E-state index contributed by atoms with van der Waals surface area (Å²) in [6, 6.07) is 3.14. The number of nitrogens with zero attached hydrogens (tertiary/aromatic N) is 2. The summed E-state index contributed by atoms with van der Waals surface area (Å²) in [6.07, 6.45) is -0.564. The highest BCUT2D eigenvalue weighted by molar-refractivity contribution is 5.92. The van der Waals surface area contributed by atoms with Crippen LogP contribution in [0.5, 0.6) is 0 Å². The normalized spacial score (nSPS) is 11.7. The van der Waals surface area contributed by atoms with Crippen LogP contribution in [0, 0.1) is 0 Å². The first kappa shape index (κ1) is 15.8. The van der Waals surface area contributed by atoms with E-state index in [0.29, 0.717) is 12.4 Å². The van der Waals surface area contributed by atoms with E-state index in [1.54, 1.807) is 12.1 Å². The number of aliphatic carboxylic acids is 1. The van der Waals surface area contributed by atoms with Gasteiger partial charge >= 0.3 is 5.97 Å². The number of hydrogen-bond donors (Lipinski definition) is 3. The second kappa shape index (κ2) is 8.05. The van der Waals surface area contributed by atoms with Crippen molar-refractivity contribution >= 4 is 17.7 Å². The smallest absolute Gasteiger partial charge is 0.306 e. The molecule has 0 saturated heterocycles. The number of carbonyl (C=O) groups is 2. The number of aromatic nitrogens is 2. The highest BCUT2D eigenvalue weighted by atomic mass is 16.5. The second-order valence-electron chi connectivity index (χ2n) is 4.00.